The van der Waals surface area contributed by atoms with Gasteiger partial charge in [0, 0.05) is 6.42 Å². The van der Waals surface area contributed by atoms with Crippen molar-refractivity contribution in [2.45, 2.75) is 30.7 Å². The molecular formula is C5H10Cl2O. The van der Waals surface area contributed by atoms with Gasteiger partial charge in [0.1, 0.15) is 4.84 Å². The van der Waals surface area contributed by atoms with Crippen LogP contribution in [0.2, 0.25) is 0 Å². The highest BCUT2D eigenvalue weighted by Gasteiger charge is 2.15. The smallest absolute Gasteiger partial charge is 0.110 e. The van der Waals surface area contributed by atoms with Crippen LogP contribution in [0.5, 0.6) is 0 Å². The quantitative estimate of drug-likeness (QED) is 0.607. The first-order valence-electron chi connectivity index (χ1n) is 2.42. The number of hydrogen-bond acceptors (Lipinski definition) is 1. The van der Waals surface area contributed by atoms with Crippen molar-refractivity contribution in [2.24, 2.45) is 0 Å². The lowest BCUT2D eigenvalue weighted by Crippen LogP contribution is -2.21. The number of alkyl halides is 2. The third-order valence-electron chi connectivity index (χ3n) is 0.654. The summed E-state index contributed by atoms with van der Waals surface area (Å²) in [7, 11) is 0. The molecule has 0 amide bonds. The van der Waals surface area contributed by atoms with Crippen LogP contribution in [0.1, 0.15) is 20.3 Å². The first-order chi connectivity index (χ1) is 3.42. The van der Waals surface area contributed by atoms with Crippen LogP contribution in [0.3, 0.4) is 0 Å². The number of aliphatic hydroxyl groups is 1. The van der Waals surface area contributed by atoms with E-state index in [0.29, 0.717) is 6.42 Å². The van der Waals surface area contributed by atoms with E-state index in [0.717, 1.165) is 0 Å². The maximum absolute atomic E-state index is 9.02. The molecule has 0 bridgehead atoms. The second-order valence-corrected chi connectivity index (χ2v) is 3.68. The molecule has 3 heteroatoms. The molecule has 0 rings (SSSR count). The normalized spacial score (nSPS) is 12.8. The van der Waals surface area contributed by atoms with Gasteiger partial charge < -0.3 is 5.11 Å². The van der Waals surface area contributed by atoms with Crippen molar-refractivity contribution in [3.63, 3.8) is 0 Å². The standard InChI is InChI=1S/C5H10Cl2O/c1-5(2,8)3-4(6)7/h4,8H,3H2,1-2H3. The highest BCUT2D eigenvalue weighted by atomic mass is 35.5. The van der Waals surface area contributed by atoms with Gasteiger partial charge in [0.05, 0.1) is 5.60 Å². The van der Waals surface area contributed by atoms with Crippen LogP contribution in [0.15, 0.2) is 0 Å². The second-order valence-electron chi connectivity index (χ2n) is 2.41. The van der Waals surface area contributed by atoms with E-state index in [9.17, 15) is 0 Å². The average Bonchev–Trinajstić information content (AvgIpc) is 1.21. The molecule has 0 fully saturated rings. The molecule has 0 radical (unpaired) electrons. The summed E-state index contributed by atoms with van der Waals surface area (Å²) in [6, 6.07) is 0. The summed E-state index contributed by atoms with van der Waals surface area (Å²) in [6.07, 6.45) is 0.413. The lowest BCUT2D eigenvalue weighted by atomic mass is 10.1. The van der Waals surface area contributed by atoms with Crippen molar-refractivity contribution in [1.29, 1.82) is 0 Å². The number of hydrogen-bond donors (Lipinski definition) is 1. The van der Waals surface area contributed by atoms with E-state index in [1.54, 1.807) is 13.8 Å². The fraction of sp³-hybridized carbons (Fsp3) is 1.00. The zero-order chi connectivity index (χ0) is 6.78. The van der Waals surface area contributed by atoms with Gasteiger partial charge in [0.2, 0.25) is 0 Å². The Kier molecular flexibility index (Phi) is 3.10. The van der Waals surface area contributed by atoms with Gasteiger partial charge in [-0.2, -0.15) is 0 Å². The van der Waals surface area contributed by atoms with Crippen LogP contribution in [0.4, 0.5) is 0 Å². The molecule has 0 atom stereocenters. The Bertz CT molecular complexity index is 65.3. The molecule has 50 valence electrons. The molecule has 0 aromatic carbocycles. The Morgan fingerprint density at radius 3 is 1.88 bits per heavy atom. The molecule has 0 aromatic rings. The van der Waals surface area contributed by atoms with Gasteiger partial charge in [-0.25, -0.2) is 0 Å². The van der Waals surface area contributed by atoms with Crippen LogP contribution < -0.4 is 0 Å². The highest BCUT2D eigenvalue weighted by molar-refractivity contribution is 6.44. The summed E-state index contributed by atoms with van der Waals surface area (Å²) in [4.78, 5) is -0.463. The fourth-order valence-electron chi connectivity index (χ4n) is 0.378. The van der Waals surface area contributed by atoms with Gasteiger partial charge in [0.15, 0.2) is 0 Å². The molecule has 0 saturated carbocycles. The molecule has 0 spiro atoms. The van der Waals surface area contributed by atoms with Crippen molar-refractivity contribution < 1.29 is 5.11 Å². The lowest BCUT2D eigenvalue weighted by molar-refractivity contribution is 0.0750. The Morgan fingerprint density at radius 1 is 1.50 bits per heavy atom. The molecule has 0 saturated heterocycles. The topological polar surface area (TPSA) is 20.2 Å². The minimum Gasteiger partial charge on any atom is -0.390 e. The van der Waals surface area contributed by atoms with Crippen LogP contribution in [-0.2, 0) is 0 Å². The van der Waals surface area contributed by atoms with Gasteiger partial charge in [-0.15, -0.1) is 23.2 Å². The van der Waals surface area contributed by atoms with E-state index >= 15 is 0 Å². The minimum absolute atomic E-state index is 0.413. The van der Waals surface area contributed by atoms with Crippen molar-refractivity contribution in [2.75, 3.05) is 0 Å². The van der Waals surface area contributed by atoms with Gasteiger partial charge in [-0.1, -0.05) is 0 Å². The van der Waals surface area contributed by atoms with Crippen molar-refractivity contribution >= 4 is 23.2 Å². The Hall–Kier alpha value is 0.540. The Labute approximate surface area is 59.6 Å². The summed E-state index contributed by atoms with van der Waals surface area (Å²) in [5.74, 6) is 0. The van der Waals surface area contributed by atoms with Crippen molar-refractivity contribution in [3.8, 4) is 0 Å². The first kappa shape index (κ1) is 8.54. The predicted octanol–water partition coefficient (Wildman–Crippen LogP) is 1.95. The third kappa shape index (κ3) is 6.54. The van der Waals surface area contributed by atoms with Gasteiger partial charge in [-0.3, -0.25) is 0 Å². The summed E-state index contributed by atoms with van der Waals surface area (Å²) >= 11 is 10.7. The van der Waals surface area contributed by atoms with E-state index in [4.69, 9.17) is 28.3 Å². The summed E-state index contributed by atoms with van der Waals surface area (Å²) in [5, 5.41) is 9.02. The molecule has 0 unspecified atom stereocenters. The van der Waals surface area contributed by atoms with Gasteiger partial charge >= 0.3 is 0 Å². The minimum atomic E-state index is -0.742. The van der Waals surface area contributed by atoms with Gasteiger partial charge in [-0.05, 0) is 13.8 Å². The lowest BCUT2D eigenvalue weighted by Gasteiger charge is -2.16. The first-order valence-corrected chi connectivity index (χ1v) is 3.29. The molecule has 0 aliphatic carbocycles. The van der Waals surface area contributed by atoms with Crippen LogP contribution in [0, 0.1) is 0 Å². The molecule has 0 aliphatic rings. The van der Waals surface area contributed by atoms with Crippen molar-refractivity contribution in [3.05, 3.63) is 0 Å². The van der Waals surface area contributed by atoms with Crippen molar-refractivity contribution in [1.82, 2.24) is 0 Å². The molecule has 1 nitrogen and oxygen atoms in total. The second kappa shape index (κ2) is 2.90. The highest BCUT2D eigenvalue weighted by Crippen LogP contribution is 2.17. The maximum Gasteiger partial charge on any atom is 0.110 e. The fourth-order valence-corrected chi connectivity index (χ4v) is 1.13. The summed E-state index contributed by atoms with van der Waals surface area (Å²) in [5.41, 5.74) is -0.742. The summed E-state index contributed by atoms with van der Waals surface area (Å²) in [6.45, 7) is 3.34. The molecule has 0 aliphatic heterocycles. The maximum atomic E-state index is 9.02. The van der Waals surface area contributed by atoms with E-state index in [1.807, 2.05) is 0 Å². The molecule has 0 aromatic heterocycles. The Morgan fingerprint density at radius 2 is 1.88 bits per heavy atom. The van der Waals surface area contributed by atoms with E-state index < -0.39 is 10.4 Å². The molecule has 1 N–H and O–H groups in total. The zero-order valence-electron chi connectivity index (χ0n) is 4.99. The van der Waals surface area contributed by atoms with E-state index in [1.165, 1.54) is 0 Å². The average molecular weight is 157 g/mol. The van der Waals surface area contributed by atoms with Crippen LogP contribution >= 0.6 is 23.2 Å². The number of rotatable bonds is 2. The third-order valence-corrected chi connectivity index (χ3v) is 0.962. The largest absolute Gasteiger partial charge is 0.390 e. The summed E-state index contributed by atoms with van der Waals surface area (Å²) < 4.78 is 0. The Balaban J connectivity index is 3.39. The SMILES string of the molecule is CC(C)(O)CC(Cl)Cl. The van der Waals surface area contributed by atoms with Crippen LogP contribution in [-0.4, -0.2) is 15.5 Å². The monoisotopic (exact) mass is 156 g/mol. The van der Waals surface area contributed by atoms with Crippen LogP contribution in [0.25, 0.3) is 0 Å². The van der Waals surface area contributed by atoms with E-state index in [2.05, 4.69) is 0 Å². The molecule has 8 heavy (non-hydrogen) atoms. The number of halogens is 2. The van der Waals surface area contributed by atoms with Gasteiger partial charge in [0.25, 0.3) is 0 Å². The molecular weight excluding hydrogens is 147 g/mol. The molecule has 0 heterocycles. The zero-order valence-corrected chi connectivity index (χ0v) is 6.50. The van der Waals surface area contributed by atoms with E-state index in [-0.39, 0.29) is 0 Å². The predicted molar refractivity (Wildman–Crippen MR) is 36.4 cm³/mol.